The Labute approximate surface area is 524 Å². The van der Waals surface area contributed by atoms with Crippen molar-refractivity contribution in [3.05, 3.63) is 117 Å². The van der Waals surface area contributed by atoms with E-state index >= 15 is 0 Å². The molecule has 1 saturated heterocycles. The molecule has 3 N–H and O–H groups in total. The van der Waals surface area contributed by atoms with Gasteiger partial charge in [-0.05, 0) is 256 Å². The lowest BCUT2D eigenvalue weighted by molar-refractivity contribution is -0.0500. The lowest BCUT2D eigenvalue weighted by Gasteiger charge is -2.28. The molecule has 8 saturated carbocycles. The van der Waals surface area contributed by atoms with Crippen LogP contribution >= 0.6 is 0 Å². The number of alkyl halides is 3. The minimum Gasteiger partial charge on any atom is -0.399 e. The monoisotopic (exact) mass is 1220 g/mol. The van der Waals surface area contributed by atoms with Crippen LogP contribution in [0, 0.1) is 0 Å². The molecule has 0 spiro atoms. The van der Waals surface area contributed by atoms with E-state index in [2.05, 4.69) is 70.2 Å². The second-order valence-corrected chi connectivity index (χ2v) is 30.2. The van der Waals surface area contributed by atoms with Gasteiger partial charge in [-0.3, -0.25) is 0 Å². The number of nitrogen functional groups attached to an aromatic ring is 1. The van der Waals surface area contributed by atoms with Crippen molar-refractivity contribution in [2.24, 2.45) is 0 Å². The fourth-order valence-corrected chi connectivity index (χ4v) is 17.6. The molecule has 10 heteroatoms. The topological polar surface area (TPSA) is 90.7 Å². The van der Waals surface area contributed by atoms with E-state index in [1.54, 1.807) is 22.3 Å². The van der Waals surface area contributed by atoms with Gasteiger partial charge in [-0.1, -0.05) is 178 Å². The van der Waals surface area contributed by atoms with Gasteiger partial charge in [-0.25, -0.2) is 0 Å². The van der Waals surface area contributed by atoms with Crippen molar-refractivity contribution in [1.29, 1.82) is 0 Å². The number of anilines is 3. The van der Waals surface area contributed by atoms with E-state index in [4.69, 9.17) is 10.5 Å². The van der Waals surface area contributed by atoms with Crippen LogP contribution in [-0.4, -0.2) is 27.1 Å². The zero-order valence-electron chi connectivity index (χ0n) is 53.4. The first-order valence-corrected chi connectivity index (χ1v) is 37.5. The van der Waals surface area contributed by atoms with Crippen LogP contribution in [-0.2, 0) is 14.9 Å². The van der Waals surface area contributed by atoms with Crippen LogP contribution < -0.4 is 15.2 Å². The third kappa shape index (κ3) is 19.7. The normalized spacial score (nSPS) is 22.4. The molecule has 8 aliphatic carbocycles. The highest BCUT2D eigenvalue weighted by Crippen LogP contribution is 2.45. The van der Waals surface area contributed by atoms with E-state index in [1.165, 1.54) is 253 Å². The van der Waals surface area contributed by atoms with Gasteiger partial charge in [0, 0.05) is 30.3 Å². The Morgan fingerprint density at radius 2 is 0.552 bits per heavy atom. The summed E-state index contributed by atoms with van der Waals surface area (Å²) >= 11 is 0. The maximum Gasteiger partial charge on any atom is 0.534 e. The van der Waals surface area contributed by atoms with Crippen molar-refractivity contribution in [2.45, 2.75) is 323 Å². The summed E-state index contributed by atoms with van der Waals surface area (Å²) in [4.78, 5) is 0. The predicted molar refractivity (Wildman–Crippen MR) is 356 cm³/mol. The summed E-state index contributed by atoms with van der Waals surface area (Å²) in [5, 5.41) is 4.02. The summed E-state index contributed by atoms with van der Waals surface area (Å²) < 4.78 is 70.5. The molecule has 0 bridgehead atoms. The second-order valence-electron chi connectivity index (χ2n) is 28.7. The number of rotatable bonds is 12. The summed E-state index contributed by atoms with van der Waals surface area (Å²) in [6.07, 6.45) is 55.2. The molecule has 9 aliphatic rings. The van der Waals surface area contributed by atoms with Gasteiger partial charge in [-0.2, -0.15) is 21.6 Å². The Bertz CT molecular complexity index is 2560. The highest BCUT2D eigenvalue weighted by molar-refractivity contribution is 7.88. The van der Waals surface area contributed by atoms with Crippen molar-refractivity contribution < 1.29 is 30.5 Å². The second kappa shape index (κ2) is 33.3. The average Bonchev–Trinajstić information content (AvgIpc) is 2.76. The van der Waals surface area contributed by atoms with E-state index in [0.29, 0.717) is 0 Å². The number of halogens is 3. The minimum atomic E-state index is -5.65. The lowest BCUT2D eigenvalue weighted by Crippen LogP contribution is -2.28. The van der Waals surface area contributed by atoms with Crippen LogP contribution in [0.5, 0.6) is 5.75 Å². The molecule has 0 aromatic heterocycles. The number of nitrogens with one attached hydrogen (secondary N) is 1. The van der Waals surface area contributed by atoms with Crippen LogP contribution in [0.25, 0.3) is 0 Å². The quantitative estimate of drug-likeness (QED) is 0.0834. The smallest absolute Gasteiger partial charge is 0.399 e. The summed E-state index contributed by atoms with van der Waals surface area (Å²) in [6, 6.07) is 27.4. The maximum absolute atomic E-state index is 12.7. The zero-order chi connectivity index (χ0) is 60.3. The summed E-state index contributed by atoms with van der Waals surface area (Å²) in [5.74, 6) is 4.96. The van der Waals surface area contributed by atoms with Crippen LogP contribution in [0.4, 0.5) is 30.2 Å². The summed E-state index contributed by atoms with van der Waals surface area (Å²) in [7, 11) is -5.65. The van der Waals surface area contributed by atoms with Gasteiger partial charge < -0.3 is 20.0 Å². The van der Waals surface area contributed by atoms with Gasteiger partial charge in [0.1, 0.15) is 5.75 Å². The van der Waals surface area contributed by atoms with Crippen LogP contribution in [0.2, 0.25) is 0 Å². The zero-order valence-corrected chi connectivity index (χ0v) is 54.2. The van der Waals surface area contributed by atoms with E-state index < -0.39 is 15.6 Å². The molecule has 4 aromatic carbocycles. The molecule has 1 aliphatic heterocycles. The Kier molecular flexibility index (Phi) is 25.3. The molecule has 1 heterocycles. The Hall–Kier alpha value is -4.02. The molecule has 0 amide bonds. The molecule has 4 aromatic rings. The number of hydrogen-bond donors (Lipinski definition) is 2. The van der Waals surface area contributed by atoms with Gasteiger partial charge >= 0.3 is 15.6 Å². The van der Waals surface area contributed by atoms with Crippen molar-refractivity contribution in [3.63, 3.8) is 0 Å². The SMILES string of the molecule is C1CCOC1.Nc1cc(C2CCCCC2)cc(C2CCCCC2)c1.O=S(=O)(Oc1cc(C2CCCCC2)cc(C2CCCCC2)c1)C(F)(F)F.c1c(Nc2cc(C3CCCCC3)cc(C3CCCCC3)c2)cc(C2CCCCC2)cc1C1CCCCC1. The first-order valence-electron chi connectivity index (χ1n) is 36.1. The summed E-state index contributed by atoms with van der Waals surface area (Å²) in [6.45, 7) is 2.00. The maximum atomic E-state index is 12.7. The third-order valence-electron chi connectivity index (χ3n) is 22.1. The molecule has 0 radical (unpaired) electrons. The number of nitrogens with two attached hydrogens (primary N) is 1. The third-order valence-corrected chi connectivity index (χ3v) is 23.1. The largest absolute Gasteiger partial charge is 0.534 e. The molecular weight excluding hydrogens is 1110 g/mol. The first kappa shape index (κ1) is 65.9. The lowest BCUT2D eigenvalue weighted by atomic mass is 9.79. The van der Waals surface area contributed by atoms with Crippen LogP contribution in [0.3, 0.4) is 0 Å². The molecule has 9 fully saturated rings. The molecule has 0 unspecified atom stereocenters. The van der Waals surface area contributed by atoms with E-state index in [1.807, 2.05) is 0 Å². The highest BCUT2D eigenvalue weighted by atomic mass is 32.2. The molecule has 480 valence electrons. The molecule has 13 rings (SSSR count). The highest BCUT2D eigenvalue weighted by Gasteiger charge is 2.48. The molecule has 6 nitrogen and oxygen atoms in total. The fraction of sp³-hybridized carbons (Fsp3) is 0.688. The van der Waals surface area contributed by atoms with Crippen molar-refractivity contribution in [1.82, 2.24) is 0 Å². The molecule has 87 heavy (non-hydrogen) atoms. The average molecular weight is 1220 g/mol. The van der Waals surface area contributed by atoms with Crippen LogP contribution in [0.1, 0.15) is 362 Å². The van der Waals surface area contributed by atoms with Crippen molar-refractivity contribution in [2.75, 3.05) is 24.3 Å². The van der Waals surface area contributed by atoms with E-state index in [0.717, 1.165) is 117 Å². The molecule has 0 atom stereocenters. The number of ether oxygens (including phenoxy) is 1. The van der Waals surface area contributed by atoms with Crippen molar-refractivity contribution >= 4 is 27.2 Å². The minimum absolute atomic E-state index is 0.203. The van der Waals surface area contributed by atoms with E-state index in [-0.39, 0.29) is 17.6 Å². The van der Waals surface area contributed by atoms with Gasteiger partial charge in [0.2, 0.25) is 0 Å². The number of hydrogen-bond acceptors (Lipinski definition) is 6. The Balaban J connectivity index is 0.000000146. The summed E-state index contributed by atoms with van der Waals surface area (Å²) in [5.41, 5.74) is 15.9. The Morgan fingerprint density at radius 1 is 0.333 bits per heavy atom. The van der Waals surface area contributed by atoms with Crippen molar-refractivity contribution in [3.8, 4) is 5.75 Å². The standard InChI is InChI=1S/C36H51N.C19H25F3O3S.C18H27N.C4H8O/c1-5-13-27(14-6-1)31-21-32(28-15-7-2-8-16-28)24-35(23-31)37-36-25-33(29-17-9-3-10-18-29)22-34(26-36)30-19-11-4-12-20-30;20-19(21,22)26(23,24)25-18-12-16(14-7-3-1-4-8-14)11-17(13-18)15-9-5-2-6-10-15;19-18-12-16(14-7-3-1-4-8-14)11-17(13-18)15-9-5-2-6-10-15;1-2-4-5-3-1/h21-30,37H,1-20H2;11-15H,1-10H2;11-15H,1-10,19H2;1-4H2. The Morgan fingerprint density at radius 3 is 0.759 bits per heavy atom. The first-order chi connectivity index (χ1) is 42.4. The van der Waals surface area contributed by atoms with Crippen LogP contribution in [0.15, 0.2) is 72.8 Å². The van der Waals surface area contributed by atoms with Gasteiger partial charge in [0.25, 0.3) is 0 Å². The molecular formula is C77H111F3N2O4S. The van der Waals surface area contributed by atoms with Gasteiger partial charge in [0.05, 0.1) is 0 Å². The predicted octanol–water partition coefficient (Wildman–Crippen LogP) is 23.8. The van der Waals surface area contributed by atoms with Gasteiger partial charge in [-0.15, -0.1) is 0 Å². The van der Waals surface area contributed by atoms with Gasteiger partial charge in [0.15, 0.2) is 0 Å². The number of benzene rings is 4. The fourth-order valence-electron chi connectivity index (χ4n) is 17.1. The van der Waals surface area contributed by atoms with E-state index in [9.17, 15) is 21.6 Å².